The minimum absolute atomic E-state index is 0.00547. The van der Waals surface area contributed by atoms with Crippen LogP contribution in [0.5, 0.6) is 5.88 Å². The number of carbonyl (C=O) groups excluding carboxylic acids is 1. The molecule has 1 amide bonds. The van der Waals surface area contributed by atoms with Crippen molar-refractivity contribution in [3.63, 3.8) is 0 Å². The van der Waals surface area contributed by atoms with E-state index < -0.39 is 17.2 Å². The number of hydrogen-bond acceptors (Lipinski definition) is 7. The average molecular weight is 530 g/mol. The van der Waals surface area contributed by atoms with Crippen LogP contribution in [0.25, 0.3) is 22.4 Å². The molecule has 39 heavy (non-hydrogen) atoms. The van der Waals surface area contributed by atoms with E-state index >= 15 is 0 Å². The Kier molecular flexibility index (Phi) is 8.38. The molecule has 0 atom stereocenters. The molecule has 4 aromatic rings. The second kappa shape index (κ2) is 11.9. The quantitative estimate of drug-likeness (QED) is 0.284. The summed E-state index contributed by atoms with van der Waals surface area (Å²) in [7, 11) is 4.35. The highest BCUT2D eigenvalue weighted by Gasteiger charge is 2.25. The molecule has 0 bridgehead atoms. The second-order valence-electron chi connectivity index (χ2n) is 8.99. The third-order valence-electron chi connectivity index (χ3n) is 6.54. The molecule has 3 N–H and O–H groups in total. The summed E-state index contributed by atoms with van der Waals surface area (Å²) < 4.78 is 7.60. The van der Waals surface area contributed by atoms with Gasteiger partial charge in [-0.3, -0.25) is 18.7 Å². The zero-order chi connectivity index (χ0) is 28.1. The topological polar surface area (TPSA) is 127 Å². The first-order chi connectivity index (χ1) is 18.8. The van der Waals surface area contributed by atoms with E-state index in [-0.39, 0.29) is 23.7 Å². The van der Waals surface area contributed by atoms with Crippen LogP contribution in [-0.4, -0.2) is 45.4 Å². The number of ether oxygens (including phenoxy) is 1. The molecule has 10 nitrogen and oxygen atoms in total. The van der Waals surface area contributed by atoms with E-state index in [1.165, 1.54) is 25.8 Å². The van der Waals surface area contributed by atoms with Crippen molar-refractivity contribution in [3.05, 3.63) is 98.2 Å². The van der Waals surface area contributed by atoms with E-state index in [9.17, 15) is 14.4 Å². The number of nitrogens with one attached hydrogen (secondary N) is 2. The fourth-order valence-electron chi connectivity index (χ4n) is 4.52. The van der Waals surface area contributed by atoms with Crippen molar-refractivity contribution in [2.45, 2.75) is 13.5 Å². The number of benzene rings is 2. The van der Waals surface area contributed by atoms with Crippen molar-refractivity contribution in [1.29, 1.82) is 0 Å². The smallest absolute Gasteiger partial charge is 0.330 e. The van der Waals surface area contributed by atoms with Gasteiger partial charge in [-0.25, -0.2) is 4.79 Å². The van der Waals surface area contributed by atoms with Crippen molar-refractivity contribution in [2.24, 2.45) is 14.1 Å². The predicted octanol–water partition coefficient (Wildman–Crippen LogP) is 2.46. The predicted molar refractivity (Wildman–Crippen MR) is 150 cm³/mol. The van der Waals surface area contributed by atoms with Gasteiger partial charge in [0.1, 0.15) is 11.4 Å². The first kappa shape index (κ1) is 27.5. The summed E-state index contributed by atoms with van der Waals surface area (Å²) in [4.78, 5) is 44.3. The number of aromatic nitrogens is 3. The average Bonchev–Trinajstić information content (AvgIpc) is 2.95. The monoisotopic (exact) mass is 529 g/mol. The Labute approximate surface area is 225 Å². The Bertz CT molecular complexity index is 1630. The third-order valence-corrected chi connectivity index (χ3v) is 6.54. The minimum Gasteiger partial charge on any atom is -0.481 e. The van der Waals surface area contributed by atoms with Crippen LogP contribution in [0.4, 0.5) is 5.82 Å². The van der Waals surface area contributed by atoms with Gasteiger partial charge >= 0.3 is 5.69 Å². The van der Waals surface area contributed by atoms with Gasteiger partial charge in [-0.2, -0.15) is 4.98 Å². The molecular formula is C29H31N5O5. The maximum absolute atomic E-state index is 13.6. The Morgan fingerprint density at radius 1 is 0.974 bits per heavy atom. The summed E-state index contributed by atoms with van der Waals surface area (Å²) in [6, 6.07) is 18.7. The number of hydrogen-bond donors (Lipinski definition) is 3. The Balaban J connectivity index is 1.81. The van der Waals surface area contributed by atoms with Crippen LogP contribution in [0.3, 0.4) is 0 Å². The van der Waals surface area contributed by atoms with Crippen LogP contribution in [-0.2, 0) is 20.6 Å². The summed E-state index contributed by atoms with van der Waals surface area (Å²) in [5.74, 6) is -0.232. The Hall–Kier alpha value is -4.54. The van der Waals surface area contributed by atoms with Gasteiger partial charge in [0.15, 0.2) is 0 Å². The highest BCUT2D eigenvalue weighted by molar-refractivity contribution is 6.08. The number of aliphatic hydroxyl groups excluding tert-OH is 1. The molecular weight excluding hydrogens is 498 g/mol. The van der Waals surface area contributed by atoms with Gasteiger partial charge in [0, 0.05) is 38.3 Å². The van der Waals surface area contributed by atoms with Crippen LogP contribution < -0.4 is 26.6 Å². The highest BCUT2D eigenvalue weighted by atomic mass is 16.5. The molecule has 0 spiro atoms. The molecule has 0 unspecified atom stereocenters. The molecule has 2 aromatic carbocycles. The molecule has 0 saturated heterocycles. The standard InChI is InChI=1S/C29H31N5O5/c1-18-21(19-9-6-5-7-10-19)11-8-12-22(18)25-24(28(37)34(3)29(38)33(25)2)26(36)31-23-14-13-20(17-30-15-16-35)27(32-23)39-4/h5-14,30,35H,15-17H2,1-4H3,(H,31,32,36). The van der Waals surface area contributed by atoms with Gasteiger partial charge in [-0.1, -0.05) is 48.5 Å². The number of nitrogens with zero attached hydrogens (tertiary/aromatic N) is 3. The summed E-state index contributed by atoms with van der Waals surface area (Å²) in [5, 5.41) is 14.7. The fourth-order valence-corrected chi connectivity index (χ4v) is 4.52. The molecule has 0 aliphatic carbocycles. The fraction of sp³-hybridized carbons (Fsp3) is 0.241. The van der Waals surface area contributed by atoms with Crippen molar-refractivity contribution >= 4 is 11.7 Å². The number of amides is 1. The number of rotatable bonds is 9. The van der Waals surface area contributed by atoms with E-state index in [2.05, 4.69) is 15.6 Å². The summed E-state index contributed by atoms with van der Waals surface area (Å²) in [6.07, 6.45) is 0. The van der Waals surface area contributed by atoms with Crippen molar-refractivity contribution < 1.29 is 14.6 Å². The Morgan fingerprint density at radius 2 is 1.69 bits per heavy atom. The molecule has 4 rings (SSSR count). The van der Waals surface area contributed by atoms with Gasteiger partial charge in [0.05, 0.1) is 19.4 Å². The minimum atomic E-state index is -0.716. The lowest BCUT2D eigenvalue weighted by atomic mass is 9.93. The number of methoxy groups -OCH3 is 1. The zero-order valence-corrected chi connectivity index (χ0v) is 22.3. The molecule has 0 aliphatic rings. The lowest BCUT2D eigenvalue weighted by molar-refractivity contribution is 0.102. The largest absolute Gasteiger partial charge is 0.481 e. The van der Waals surface area contributed by atoms with Crippen LogP contribution in [0.1, 0.15) is 21.5 Å². The van der Waals surface area contributed by atoms with E-state index in [1.54, 1.807) is 18.2 Å². The van der Waals surface area contributed by atoms with Gasteiger partial charge in [-0.05, 0) is 35.7 Å². The van der Waals surface area contributed by atoms with E-state index in [0.29, 0.717) is 24.5 Å². The van der Waals surface area contributed by atoms with Crippen LogP contribution in [0.15, 0.2) is 70.3 Å². The molecule has 0 radical (unpaired) electrons. The normalized spacial score (nSPS) is 10.9. The molecule has 202 valence electrons. The highest BCUT2D eigenvalue weighted by Crippen LogP contribution is 2.32. The van der Waals surface area contributed by atoms with Gasteiger partial charge in [0.25, 0.3) is 11.5 Å². The summed E-state index contributed by atoms with van der Waals surface area (Å²) in [6.45, 7) is 2.71. The number of aliphatic hydroxyl groups is 1. The zero-order valence-electron chi connectivity index (χ0n) is 22.3. The molecule has 10 heteroatoms. The Morgan fingerprint density at radius 3 is 2.38 bits per heavy atom. The van der Waals surface area contributed by atoms with Crippen molar-refractivity contribution in [2.75, 3.05) is 25.6 Å². The lowest BCUT2D eigenvalue weighted by Gasteiger charge is -2.18. The van der Waals surface area contributed by atoms with Gasteiger partial charge in [0.2, 0.25) is 5.88 Å². The second-order valence-corrected chi connectivity index (χ2v) is 8.99. The molecule has 2 heterocycles. The number of carbonyl (C=O) groups is 1. The first-order valence-electron chi connectivity index (χ1n) is 12.4. The van der Waals surface area contributed by atoms with Gasteiger partial charge in [-0.15, -0.1) is 0 Å². The first-order valence-corrected chi connectivity index (χ1v) is 12.4. The van der Waals surface area contributed by atoms with Crippen molar-refractivity contribution in [3.8, 4) is 28.3 Å². The van der Waals surface area contributed by atoms with Crippen LogP contribution in [0, 0.1) is 6.92 Å². The lowest BCUT2D eigenvalue weighted by Crippen LogP contribution is -2.42. The maximum atomic E-state index is 13.6. The van der Waals surface area contributed by atoms with Crippen molar-refractivity contribution in [1.82, 2.24) is 19.4 Å². The van der Waals surface area contributed by atoms with Gasteiger partial charge < -0.3 is 20.5 Å². The SMILES string of the molecule is COc1nc(NC(=O)c2c(-c3cccc(-c4ccccc4)c3C)n(C)c(=O)n(C)c2=O)ccc1CNCCO. The van der Waals surface area contributed by atoms with E-state index in [1.807, 2.05) is 49.4 Å². The molecule has 0 saturated carbocycles. The summed E-state index contributed by atoms with van der Waals surface area (Å²) in [5.41, 5.74) is 2.81. The van der Waals surface area contributed by atoms with Crippen LogP contribution >= 0.6 is 0 Å². The third kappa shape index (κ3) is 5.52. The molecule has 2 aromatic heterocycles. The van der Waals surface area contributed by atoms with E-state index in [0.717, 1.165) is 26.8 Å². The van der Waals surface area contributed by atoms with Crippen LogP contribution in [0.2, 0.25) is 0 Å². The molecule has 0 fully saturated rings. The maximum Gasteiger partial charge on any atom is 0.330 e. The summed E-state index contributed by atoms with van der Waals surface area (Å²) >= 11 is 0. The number of pyridine rings is 1. The number of anilines is 1. The molecule has 0 aliphatic heterocycles. The van der Waals surface area contributed by atoms with E-state index in [4.69, 9.17) is 9.84 Å².